The van der Waals surface area contributed by atoms with E-state index in [0.717, 1.165) is 22.1 Å². The van der Waals surface area contributed by atoms with E-state index in [0.29, 0.717) is 21.3 Å². The second-order valence-corrected chi connectivity index (χ2v) is 7.10. The summed E-state index contributed by atoms with van der Waals surface area (Å²) in [6.07, 6.45) is 0. The van der Waals surface area contributed by atoms with Gasteiger partial charge >= 0.3 is 5.97 Å². The zero-order valence-electron chi connectivity index (χ0n) is 12.7. The first-order valence-electron chi connectivity index (χ1n) is 7.05. The average Bonchev–Trinajstić information content (AvgIpc) is 3.16. The summed E-state index contributed by atoms with van der Waals surface area (Å²) in [6.45, 7) is 0. The minimum atomic E-state index is -0.669. The van der Waals surface area contributed by atoms with Gasteiger partial charge in [0, 0.05) is 12.1 Å². The molecule has 2 aromatic carbocycles. The number of carbonyl (C=O) groups is 1. The quantitative estimate of drug-likeness (QED) is 0.524. The van der Waals surface area contributed by atoms with Crippen LogP contribution >= 0.6 is 22.7 Å². The third kappa shape index (κ3) is 2.92. The number of anilines is 2. The number of hydrogen-bond donors (Lipinski definition) is 1. The lowest BCUT2D eigenvalue weighted by molar-refractivity contribution is 0.0601. The predicted molar refractivity (Wildman–Crippen MR) is 93.8 cm³/mol. The molecular formula is C16H9F2N3O2S2. The molecule has 2 aromatic heterocycles. The van der Waals surface area contributed by atoms with Crippen molar-refractivity contribution < 1.29 is 18.3 Å². The van der Waals surface area contributed by atoms with Gasteiger partial charge in [-0.3, -0.25) is 0 Å². The fraction of sp³-hybridized carbons (Fsp3) is 0.0625. The Labute approximate surface area is 147 Å². The van der Waals surface area contributed by atoms with Crippen LogP contribution in [0.15, 0.2) is 30.3 Å². The smallest absolute Gasteiger partial charge is 0.337 e. The van der Waals surface area contributed by atoms with Crippen LogP contribution in [0.2, 0.25) is 0 Å². The molecule has 4 aromatic rings. The highest BCUT2D eigenvalue weighted by Crippen LogP contribution is 2.34. The van der Waals surface area contributed by atoms with Gasteiger partial charge in [-0.2, -0.15) is 0 Å². The van der Waals surface area contributed by atoms with Crippen molar-refractivity contribution in [2.45, 2.75) is 0 Å². The first-order valence-corrected chi connectivity index (χ1v) is 8.68. The van der Waals surface area contributed by atoms with Gasteiger partial charge in [-0.1, -0.05) is 22.7 Å². The lowest BCUT2D eigenvalue weighted by atomic mass is 10.2. The van der Waals surface area contributed by atoms with E-state index in [1.54, 1.807) is 18.2 Å². The Kier molecular flexibility index (Phi) is 3.81. The van der Waals surface area contributed by atoms with E-state index in [-0.39, 0.29) is 10.2 Å². The molecule has 126 valence electrons. The highest BCUT2D eigenvalue weighted by molar-refractivity contribution is 7.24. The normalized spacial score (nSPS) is 11.2. The minimum Gasteiger partial charge on any atom is -0.465 e. The number of halogens is 2. The van der Waals surface area contributed by atoms with E-state index in [2.05, 4.69) is 15.3 Å². The maximum absolute atomic E-state index is 13.8. The molecule has 0 atom stereocenters. The molecule has 5 nitrogen and oxygen atoms in total. The summed E-state index contributed by atoms with van der Waals surface area (Å²) >= 11 is 2.40. The van der Waals surface area contributed by atoms with Crippen LogP contribution in [0.4, 0.5) is 19.0 Å². The summed E-state index contributed by atoms with van der Waals surface area (Å²) in [5, 5.41) is 3.95. The van der Waals surface area contributed by atoms with E-state index in [9.17, 15) is 13.6 Å². The number of methoxy groups -OCH3 is 1. The molecule has 0 aliphatic carbocycles. The molecule has 0 spiro atoms. The number of aromatic nitrogens is 2. The molecule has 0 unspecified atom stereocenters. The highest BCUT2D eigenvalue weighted by Gasteiger charge is 2.13. The molecule has 0 aliphatic heterocycles. The molecule has 0 radical (unpaired) electrons. The predicted octanol–water partition coefficient (Wildman–Crippen LogP) is 4.71. The number of hydrogen-bond acceptors (Lipinski definition) is 7. The number of thiazole rings is 2. The second-order valence-electron chi connectivity index (χ2n) is 5.07. The molecule has 0 bridgehead atoms. The van der Waals surface area contributed by atoms with Crippen LogP contribution in [0, 0.1) is 11.6 Å². The Bertz CT molecular complexity index is 1120. The molecule has 0 fully saturated rings. The Hall–Kier alpha value is -2.65. The summed E-state index contributed by atoms with van der Waals surface area (Å²) in [5.74, 6) is -1.74. The number of benzene rings is 2. The van der Waals surface area contributed by atoms with Crippen LogP contribution in [0.3, 0.4) is 0 Å². The molecule has 2 heterocycles. The average molecular weight is 377 g/mol. The molecule has 4 rings (SSSR count). The fourth-order valence-corrected chi connectivity index (χ4v) is 4.15. The molecular weight excluding hydrogens is 368 g/mol. The van der Waals surface area contributed by atoms with Crippen molar-refractivity contribution in [2.75, 3.05) is 12.4 Å². The van der Waals surface area contributed by atoms with Crippen LogP contribution in [0.1, 0.15) is 10.4 Å². The van der Waals surface area contributed by atoms with Crippen molar-refractivity contribution in [3.05, 3.63) is 47.5 Å². The highest BCUT2D eigenvalue weighted by atomic mass is 32.1. The van der Waals surface area contributed by atoms with Gasteiger partial charge in [-0.25, -0.2) is 23.5 Å². The summed E-state index contributed by atoms with van der Waals surface area (Å²) in [7, 11) is 1.32. The first kappa shape index (κ1) is 15.9. The van der Waals surface area contributed by atoms with Gasteiger partial charge in [-0.15, -0.1) is 0 Å². The molecule has 0 saturated heterocycles. The van der Waals surface area contributed by atoms with E-state index in [4.69, 9.17) is 4.74 Å². The topological polar surface area (TPSA) is 64.1 Å². The summed E-state index contributed by atoms with van der Waals surface area (Å²) in [6, 6.07) is 7.05. The fourth-order valence-electron chi connectivity index (χ4n) is 2.33. The Morgan fingerprint density at radius 2 is 1.84 bits per heavy atom. The third-order valence-electron chi connectivity index (χ3n) is 3.43. The zero-order valence-corrected chi connectivity index (χ0v) is 14.3. The summed E-state index contributed by atoms with van der Waals surface area (Å²) < 4.78 is 32.8. The Balaban J connectivity index is 1.68. The summed E-state index contributed by atoms with van der Waals surface area (Å²) in [5.41, 5.74) is 1.39. The van der Waals surface area contributed by atoms with E-state index in [1.165, 1.54) is 24.5 Å². The zero-order chi connectivity index (χ0) is 17.6. The molecule has 0 saturated carbocycles. The van der Waals surface area contributed by atoms with Crippen molar-refractivity contribution in [1.29, 1.82) is 0 Å². The monoisotopic (exact) mass is 377 g/mol. The van der Waals surface area contributed by atoms with Crippen molar-refractivity contribution in [1.82, 2.24) is 9.97 Å². The van der Waals surface area contributed by atoms with Crippen molar-refractivity contribution in [3.8, 4) is 0 Å². The van der Waals surface area contributed by atoms with Gasteiger partial charge in [0.15, 0.2) is 10.3 Å². The van der Waals surface area contributed by atoms with E-state index in [1.807, 2.05) is 0 Å². The maximum Gasteiger partial charge on any atom is 0.337 e. The van der Waals surface area contributed by atoms with Gasteiger partial charge in [0.2, 0.25) is 0 Å². The van der Waals surface area contributed by atoms with E-state index >= 15 is 0 Å². The summed E-state index contributed by atoms with van der Waals surface area (Å²) in [4.78, 5) is 20.2. The molecule has 9 heteroatoms. The number of fused-ring (bicyclic) bond motifs is 2. The van der Waals surface area contributed by atoms with Gasteiger partial charge in [0.25, 0.3) is 0 Å². The van der Waals surface area contributed by atoms with Crippen LogP contribution in [-0.2, 0) is 4.74 Å². The lowest BCUT2D eigenvalue weighted by Gasteiger charge is -1.97. The van der Waals surface area contributed by atoms with Gasteiger partial charge in [0.1, 0.15) is 11.6 Å². The van der Waals surface area contributed by atoms with Crippen molar-refractivity contribution >= 4 is 59.3 Å². The largest absolute Gasteiger partial charge is 0.465 e. The molecule has 0 aliphatic rings. The lowest BCUT2D eigenvalue weighted by Crippen LogP contribution is -1.99. The van der Waals surface area contributed by atoms with Crippen LogP contribution in [0.5, 0.6) is 0 Å². The van der Waals surface area contributed by atoms with Crippen molar-refractivity contribution in [2.24, 2.45) is 0 Å². The SMILES string of the molecule is COC(=O)c1ccc2nc(Nc3nc4cc(F)cc(F)c4s3)sc2c1. The van der Waals surface area contributed by atoms with Gasteiger partial charge in [0.05, 0.1) is 33.1 Å². The van der Waals surface area contributed by atoms with E-state index < -0.39 is 17.6 Å². The van der Waals surface area contributed by atoms with Gasteiger partial charge < -0.3 is 10.1 Å². The number of ether oxygens (including phenoxy) is 1. The number of carbonyl (C=O) groups excluding carboxylic acids is 1. The number of nitrogens with zero attached hydrogens (tertiary/aromatic N) is 2. The number of rotatable bonds is 3. The standard InChI is InChI=1S/C16H9F2N3O2S2/c1-23-14(22)7-2-3-10-12(4-7)24-15(19-10)21-16-20-11-6-8(17)5-9(18)13(11)25-16/h2-6H,1H3,(H,19,20,21). The van der Waals surface area contributed by atoms with Gasteiger partial charge in [-0.05, 0) is 18.2 Å². The molecule has 25 heavy (non-hydrogen) atoms. The van der Waals surface area contributed by atoms with Crippen LogP contribution in [-0.4, -0.2) is 23.0 Å². The second kappa shape index (κ2) is 6.01. The number of nitrogens with one attached hydrogen (secondary N) is 1. The maximum atomic E-state index is 13.8. The molecule has 0 amide bonds. The first-order chi connectivity index (χ1) is 12.0. The van der Waals surface area contributed by atoms with Crippen LogP contribution in [0.25, 0.3) is 20.4 Å². The number of esters is 1. The third-order valence-corrected chi connectivity index (χ3v) is 5.36. The minimum absolute atomic E-state index is 0.249. The van der Waals surface area contributed by atoms with Crippen LogP contribution < -0.4 is 5.32 Å². The Morgan fingerprint density at radius 1 is 1.08 bits per heavy atom. The van der Waals surface area contributed by atoms with Crippen molar-refractivity contribution in [3.63, 3.8) is 0 Å². The Morgan fingerprint density at radius 3 is 2.64 bits per heavy atom. The molecule has 1 N–H and O–H groups in total.